The Morgan fingerprint density at radius 3 is 2.38 bits per heavy atom. The van der Waals surface area contributed by atoms with Gasteiger partial charge in [-0.3, -0.25) is 0 Å². The molecule has 0 amide bonds. The molecule has 0 unspecified atom stereocenters. The topological polar surface area (TPSA) is 54.8 Å². The third kappa shape index (κ3) is 2.74. The summed E-state index contributed by atoms with van der Waals surface area (Å²) in [5, 5.41) is 11.5. The largest absolute Gasteiger partial charge is 0.493 e. The van der Waals surface area contributed by atoms with Gasteiger partial charge in [-0.1, -0.05) is 0 Å². The number of aliphatic hydroxyl groups is 1. The van der Waals surface area contributed by atoms with Crippen molar-refractivity contribution in [1.82, 2.24) is 4.98 Å². The average molecular weight is 290 g/mol. The molecule has 1 N–H and O–H groups in total. The molecule has 0 saturated heterocycles. The van der Waals surface area contributed by atoms with Gasteiger partial charge in [0, 0.05) is 18.6 Å². The molecular formula is C16H22N2O3. The number of ether oxygens (including phenoxy) is 2. The standard InChI is InChI=1S/C16H22N2O3/c1-16(2,10-19)18(3)15-12-9-14(21-5)13(20-4)8-11(12)6-7-17-15/h6-9,19H,10H2,1-5H3. The second kappa shape index (κ2) is 5.77. The van der Waals surface area contributed by atoms with E-state index in [-0.39, 0.29) is 6.61 Å². The number of likely N-dealkylation sites (N-methyl/N-ethyl adjacent to an activating group) is 1. The molecule has 2 aromatic rings. The Kier molecular flexibility index (Phi) is 4.23. The van der Waals surface area contributed by atoms with Gasteiger partial charge in [0.1, 0.15) is 5.82 Å². The zero-order chi connectivity index (χ0) is 15.6. The van der Waals surface area contributed by atoms with E-state index in [2.05, 4.69) is 4.98 Å². The van der Waals surface area contributed by atoms with E-state index in [1.54, 1.807) is 20.4 Å². The van der Waals surface area contributed by atoms with Crippen LogP contribution in [0.1, 0.15) is 13.8 Å². The van der Waals surface area contributed by atoms with Crippen LogP contribution in [0.2, 0.25) is 0 Å². The lowest BCUT2D eigenvalue weighted by molar-refractivity contribution is 0.216. The number of hydrogen-bond acceptors (Lipinski definition) is 5. The van der Waals surface area contributed by atoms with Gasteiger partial charge in [0.15, 0.2) is 11.5 Å². The van der Waals surface area contributed by atoms with Gasteiger partial charge in [-0.05, 0) is 37.4 Å². The van der Waals surface area contributed by atoms with Crippen molar-refractivity contribution < 1.29 is 14.6 Å². The summed E-state index contributed by atoms with van der Waals surface area (Å²) in [6, 6.07) is 5.78. The molecule has 21 heavy (non-hydrogen) atoms. The van der Waals surface area contributed by atoms with Gasteiger partial charge in [0.2, 0.25) is 0 Å². The zero-order valence-electron chi connectivity index (χ0n) is 13.2. The fourth-order valence-electron chi connectivity index (χ4n) is 2.14. The molecule has 1 heterocycles. The number of anilines is 1. The molecule has 1 aromatic carbocycles. The highest BCUT2D eigenvalue weighted by Gasteiger charge is 2.25. The fraction of sp³-hybridized carbons (Fsp3) is 0.438. The molecule has 0 fully saturated rings. The second-order valence-corrected chi connectivity index (χ2v) is 5.59. The minimum absolute atomic E-state index is 0.0366. The summed E-state index contributed by atoms with van der Waals surface area (Å²) in [5.41, 5.74) is -0.408. The lowest BCUT2D eigenvalue weighted by atomic mass is 10.0. The van der Waals surface area contributed by atoms with Crippen LogP contribution in [0.15, 0.2) is 24.4 Å². The summed E-state index contributed by atoms with van der Waals surface area (Å²) in [6.07, 6.45) is 1.76. The van der Waals surface area contributed by atoms with Gasteiger partial charge in [0.05, 0.1) is 26.4 Å². The van der Waals surface area contributed by atoms with Crippen LogP contribution >= 0.6 is 0 Å². The Balaban J connectivity index is 2.65. The summed E-state index contributed by atoms with van der Waals surface area (Å²) < 4.78 is 10.7. The molecule has 0 radical (unpaired) electrons. The molecule has 0 atom stereocenters. The van der Waals surface area contributed by atoms with Crippen molar-refractivity contribution in [3.8, 4) is 11.5 Å². The molecule has 1 aromatic heterocycles. The normalized spacial score (nSPS) is 11.5. The van der Waals surface area contributed by atoms with Crippen molar-refractivity contribution in [2.75, 3.05) is 32.8 Å². The van der Waals surface area contributed by atoms with Crippen LogP contribution in [0.3, 0.4) is 0 Å². The quantitative estimate of drug-likeness (QED) is 0.916. The van der Waals surface area contributed by atoms with Crippen LogP contribution < -0.4 is 14.4 Å². The number of nitrogens with zero attached hydrogens (tertiary/aromatic N) is 2. The lowest BCUT2D eigenvalue weighted by Gasteiger charge is -2.35. The van der Waals surface area contributed by atoms with Crippen LogP contribution in [0, 0.1) is 0 Å². The highest BCUT2D eigenvalue weighted by atomic mass is 16.5. The van der Waals surface area contributed by atoms with Crippen LogP contribution in [0.4, 0.5) is 5.82 Å². The van der Waals surface area contributed by atoms with E-state index in [0.717, 1.165) is 16.6 Å². The van der Waals surface area contributed by atoms with Crippen LogP contribution in [-0.2, 0) is 0 Å². The third-order valence-electron chi connectivity index (χ3n) is 3.86. The third-order valence-corrected chi connectivity index (χ3v) is 3.86. The molecule has 0 aliphatic rings. The smallest absolute Gasteiger partial charge is 0.161 e. The van der Waals surface area contributed by atoms with E-state index >= 15 is 0 Å². The Labute approximate surface area is 125 Å². The first kappa shape index (κ1) is 15.4. The number of aliphatic hydroxyl groups excluding tert-OH is 1. The number of methoxy groups -OCH3 is 2. The highest BCUT2D eigenvalue weighted by Crippen LogP contribution is 2.36. The van der Waals surface area contributed by atoms with Crippen molar-refractivity contribution in [3.63, 3.8) is 0 Å². The maximum absolute atomic E-state index is 9.57. The second-order valence-electron chi connectivity index (χ2n) is 5.59. The first-order valence-corrected chi connectivity index (χ1v) is 6.80. The minimum atomic E-state index is -0.408. The van der Waals surface area contributed by atoms with Gasteiger partial charge in [-0.2, -0.15) is 0 Å². The monoisotopic (exact) mass is 290 g/mol. The van der Waals surface area contributed by atoms with E-state index in [9.17, 15) is 5.11 Å². The number of benzene rings is 1. The maximum atomic E-state index is 9.57. The number of fused-ring (bicyclic) bond motifs is 1. The van der Waals surface area contributed by atoms with Gasteiger partial charge >= 0.3 is 0 Å². The molecule has 0 aliphatic carbocycles. The van der Waals surface area contributed by atoms with Crippen molar-refractivity contribution in [2.24, 2.45) is 0 Å². The molecule has 114 valence electrons. The number of aromatic nitrogens is 1. The van der Waals surface area contributed by atoms with E-state index < -0.39 is 5.54 Å². The van der Waals surface area contributed by atoms with Crippen LogP contribution in [0.25, 0.3) is 10.8 Å². The van der Waals surface area contributed by atoms with Crippen molar-refractivity contribution >= 4 is 16.6 Å². The van der Waals surface area contributed by atoms with Crippen LogP contribution in [0.5, 0.6) is 11.5 Å². The molecule has 0 spiro atoms. The van der Waals surface area contributed by atoms with E-state index in [1.165, 1.54) is 0 Å². The number of hydrogen-bond donors (Lipinski definition) is 1. The lowest BCUT2D eigenvalue weighted by Crippen LogP contribution is -2.44. The molecule has 0 aliphatic heterocycles. The van der Waals surface area contributed by atoms with Crippen molar-refractivity contribution in [3.05, 3.63) is 24.4 Å². The van der Waals surface area contributed by atoms with Gasteiger partial charge in [-0.25, -0.2) is 4.98 Å². The molecular weight excluding hydrogens is 268 g/mol. The Morgan fingerprint density at radius 1 is 1.19 bits per heavy atom. The Bertz CT molecular complexity index is 641. The van der Waals surface area contributed by atoms with Gasteiger partial charge in [-0.15, -0.1) is 0 Å². The summed E-state index contributed by atoms with van der Waals surface area (Å²) in [7, 11) is 5.16. The van der Waals surface area contributed by atoms with Crippen molar-refractivity contribution in [1.29, 1.82) is 0 Å². The zero-order valence-corrected chi connectivity index (χ0v) is 13.2. The van der Waals surface area contributed by atoms with Gasteiger partial charge in [0.25, 0.3) is 0 Å². The van der Waals surface area contributed by atoms with E-state index in [0.29, 0.717) is 11.5 Å². The summed E-state index contributed by atoms with van der Waals surface area (Å²) in [4.78, 5) is 6.44. The fourth-order valence-corrected chi connectivity index (χ4v) is 2.14. The highest BCUT2D eigenvalue weighted by molar-refractivity contribution is 5.94. The predicted octanol–water partition coefficient (Wildman–Crippen LogP) is 2.46. The summed E-state index contributed by atoms with van der Waals surface area (Å²) in [5.74, 6) is 2.15. The minimum Gasteiger partial charge on any atom is -0.493 e. The Morgan fingerprint density at radius 2 is 1.81 bits per heavy atom. The van der Waals surface area contributed by atoms with E-state index in [4.69, 9.17) is 9.47 Å². The molecule has 5 nitrogen and oxygen atoms in total. The SMILES string of the molecule is COc1cc2ccnc(N(C)C(C)(C)CO)c2cc1OC. The number of pyridine rings is 1. The van der Waals surface area contributed by atoms with Crippen molar-refractivity contribution in [2.45, 2.75) is 19.4 Å². The molecule has 0 saturated carbocycles. The van der Waals surface area contributed by atoms with E-state index in [1.807, 2.05) is 44.0 Å². The molecule has 0 bridgehead atoms. The maximum Gasteiger partial charge on any atom is 0.161 e. The first-order valence-electron chi connectivity index (χ1n) is 6.80. The molecule has 5 heteroatoms. The summed E-state index contributed by atoms with van der Waals surface area (Å²) >= 11 is 0. The van der Waals surface area contributed by atoms with Gasteiger partial charge < -0.3 is 19.5 Å². The number of rotatable bonds is 5. The van der Waals surface area contributed by atoms with Crippen LogP contribution in [-0.4, -0.2) is 43.5 Å². The predicted molar refractivity (Wildman–Crippen MR) is 84.4 cm³/mol. The molecule has 2 rings (SSSR count). The Hall–Kier alpha value is -2.01. The average Bonchev–Trinajstić information content (AvgIpc) is 2.51. The summed E-state index contributed by atoms with van der Waals surface area (Å²) in [6.45, 7) is 3.97. The first-order chi connectivity index (χ1) is 9.94.